The lowest BCUT2D eigenvalue weighted by molar-refractivity contribution is -0.142. The van der Waals surface area contributed by atoms with Crippen LogP contribution in [0, 0.1) is 0 Å². The fraction of sp³-hybridized carbons (Fsp3) is 0.344. The van der Waals surface area contributed by atoms with Gasteiger partial charge in [-0.15, -0.1) is 0 Å². The Bertz CT molecular complexity index is 1400. The van der Waals surface area contributed by atoms with Gasteiger partial charge < -0.3 is 26.0 Å². The summed E-state index contributed by atoms with van der Waals surface area (Å²) < 4.78 is 4.87. The molecule has 1 aliphatic carbocycles. The second kappa shape index (κ2) is 14.9. The summed E-state index contributed by atoms with van der Waals surface area (Å²) in [5, 5.41) is 11.8. The van der Waals surface area contributed by atoms with Gasteiger partial charge in [0.15, 0.2) is 0 Å². The SMILES string of the molecule is COC(=O)[C@H](CNC(=O)NC(C)[C@@H]1CCc2ccccc21)NC(=O)c1c(Cl)ccc(NCCCc2ccccc2)c1Cl. The molecule has 3 aromatic carbocycles. The van der Waals surface area contributed by atoms with E-state index in [4.69, 9.17) is 27.9 Å². The first-order chi connectivity index (χ1) is 20.3. The van der Waals surface area contributed by atoms with E-state index in [2.05, 4.69) is 45.5 Å². The van der Waals surface area contributed by atoms with Crippen molar-refractivity contribution in [2.24, 2.45) is 0 Å². The number of amides is 3. The van der Waals surface area contributed by atoms with Crippen LogP contribution in [0.2, 0.25) is 10.0 Å². The number of carbonyl (C=O) groups is 3. The number of anilines is 1. The Morgan fingerprint density at radius 3 is 2.48 bits per heavy atom. The molecule has 10 heteroatoms. The van der Waals surface area contributed by atoms with E-state index in [9.17, 15) is 14.4 Å². The zero-order valence-electron chi connectivity index (χ0n) is 23.7. The molecule has 0 radical (unpaired) electrons. The van der Waals surface area contributed by atoms with E-state index in [1.165, 1.54) is 23.8 Å². The molecule has 0 bridgehead atoms. The number of rotatable bonds is 12. The lowest BCUT2D eigenvalue weighted by Crippen LogP contribution is -2.52. The molecule has 1 aliphatic rings. The van der Waals surface area contributed by atoms with Crippen molar-refractivity contribution in [2.45, 2.75) is 50.6 Å². The minimum Gasteiger partial charge on any atom is -0.467 e. The third-order valence-electron chi connectivity index (χ3n) is 7.52. The van der Waals surface area contributed by atoms with Crippen molar-refractivity contribution >= 4 is 46.8 Å². The van der Waals surface area contributed by atoms with Gasteiger partial charge in [0.25, 0.3) is 5.91 Å². The van der Waals surface area contributed by atoms with Crippen LogP contribution in [0.15, 0.2) is 66.7 Å². The number of methoxy groups -OCH3 is 1. The summed E-state index contributed by atoms with van der Waals surface area (Å²) in [6.07, 6.45) is 3.67. The van der Waals surface area contributed by atoms with E-state index < -0.39 is 23.9 Å². The average molecular weight is 612 g/mol. The number of ether oxygens (including phenoxy) is 1. The Labute approximate surface area is 256 Å². The van der Waals surface area contributed by atoms with Crippen LogP contribution in [0.25, 0.3) is 0 Å². The van der Waals surface area contributed by atoms with E-state index in [-0.39, 0.29) is 34.1 Å². The van der Waals surface area contributed by atoms with Gasteiger partial charge in [-0.2, -0.15) is 0 Å². The first kappa shape index (κ1) is 31.2. The molecule has 0 fully saturated rings. The number of hydrogen-bond donors (Lipinski definition) is 4. The summed E-state index contributed by atoms with van der Waals surface area (Å²) in [5.41, 5.74) is 4.35. The first-order valence-corrected chi connectivity index (χ1v) is 14.8. The van der Waals surface area contributed by atoms with Crippen LogP contribution >= 0.6 is 23.2 Å². The molecule has 222 valence electrons. The molecule has 3 aromatic rings. The standard InChI is InChI=1S/C32H36Cl2N4O4/c1-20(23-15-14-22-12-6-7-13-24(22)23)37-32(41)36-19-27(31(40)42-2)38-30(39)28-25(33)16-17-26(29(28)34)35-18-8-11-21-9-4-3-5-10-21/h3-7,9-10,12-13,16-17,20,23,27,35H,8,11,14-15,18-19H2,1-2H3,(H,38,39)(H2,36,37,41)/t20?,23-,27-/m0/s1. The minimum absolute atomic E-state index is 0.0262. The van der Waals surface area contributed by atoms with Crippen molar-refractivity contribution in [3.63, 3.8) is 0 Å². The van der Waals surface area contributed by atoms with Crippen molar-refractivity contribution < 1.29 is 19.1 Å². The van der Waals surface area contributed by atoms with Crippen molar-refractivity contribution in [3.8, 4) is 0 Å². The monoisotopic (exact) mass is 610 g/mol. The maximum Gasteiger partial charge on any atom is 0.330 e. The quantitative estimate of drug-likeness (QED) is 0.155. The molecule has 1 unspecified atom stereocenters. The molecule has 0 spiro atoms. The smallest absolute Gasteiger partial charge is 0.330 e. The van der Waals surface area contributed by atoms with Crippen LogP contribution in [0.4, 0.5) is 10.5 Å². The average Bonchev–Trinajstić information content (AvgIpc) is 3.43. The highest BCUT2D eigenvalue weighted by Gasteiger charge is 2.29. The number of nitrogens with one attached hydrogen (secondary N) is 4. The second-order valence-corrected chi connectivity index (χ2v) is 11.1. The van der Waals surface area contributed by atoms with E-state index in [1.807, 2.05) is 37.3 Å². The van der Waals surface area contributed by atoms with Gasteiger partial charge in [-0.05, 0) is 61.4 Å². The molecular formula is C32H36Cl2N4O4. The van der Waals surface area contributed by atoms with Gasteiger partial charge in [-0.25, -0.2) is 9.59 Å². The van der Waals surface area contributed by atoms with Gasteiger partial charge in [0.1, 0.15) is 6.04 Å². The van der Waals surface area contributed by atoms with Gasteiger partial charge in [-0.3, -0.25) is 4.79 Å². The summed E-state index contributed by atoms with van der Waals surface area (Å²) in [7, 11) is 1.21. The van der Waals surface area contributed by atoms with Crippen LogP contribution in [-0.4, -0.2) is 50.2 Å². The fourth-order valence-electron chi connectivity index (χ4n) is 5.29. The van der Waals surface area contributed by atoms with Crippen molar-refractivity contribution in [3.05, 3.63) is 99.0 Å². The molecule has 42 heavy (non-hydrogen) atoms. The molecule has 0 saturated carbocycles. The summed E-state index contributed by atoms with van der Waals surface area (Å²) in [6.45, 7) is 2.40. The number of urea groups is 1. The van der Waals surface area contributed by atoms with Crippen LogP contribution < -0.4 is 21.3 Å². The van der Waals surface area contributed by atoms with Gasteiger partial charge >= 0.3 is 12.0 Å². The highest BCUT2D eigenvalue weighted by molar-refractivity contribution is 6.41. The van der Waals surface area contributed by atoms with Crippen LogP contribution in [0.1, 0.15) is 52.7 Å². The highest BCUT2D eigenvalue weighted by Crippen LogP contribution is 2.35. The Morgan fingerprint density at radius 1 is 0.976 bits per heavy atom. The maximum atomic E-state index is 13.3. The zero-order chi connectivity index (χ0) is 30.1. The maximum absolute atomic E-state index is 13.3. The molecule has 4 N–H and O–H groups in total. The van der Waals surface area contributed by atoms with Crippen LogP contribution in [-0.2, 0) is 22.4 Å². The Hall–Kier alpha value is -3.75. The predicted octanol–water partition coefficient (Wildman–Crippen LogP) is 5.73. The molecule has 0 aromatic heterocycles. The first-order valence-electron chi connectivity index (χ1n) is 14.0. The van der Waals surface area contributed by atoms with Crippen LogP contribution in [0.5, 0.6) is 0 Å². The van der Waals surface area contributed by atoms with E-state index in [0.717, 1.165) is 25.7 Å². The third-order valence-corrected chi connectivity index (χ3v) is 8.23. The van der Waals surface area contributed by atoms with Crippen LogP contribution in [0.3, 0.4) is 0 Å². The lowest BCUT2D eigenvalue weighted by Gasteiger charge is -2.23. The molecule has 0 saturated heterocycles. The van der Waals surface area contributed by atoms with Gasteiger partial charge in [0.05, 0.1) is 35.0 Å². The number of hydrogen-bond acceptors (Lipinski definition) is 5. The number of halogens is 2. The van der Waals surface area contributed by atoms with Gasteiger partial charge in [-0.1, -0.05) is 77.8 Å². The second-order valence-electron chi connectivity index (χ2n) is 10.3. The third kappa shape index (κ3) is 7.95. The molecule has 3 atom stereocenters. The molecule has 4 rings (SSSR count). The summed E-state index contributed by atoms with van der Waals surface area (Å²) in [5.74, 6) is -1.18. The largest absolute Gasteiger partial charge is 0.467 e. The topological polar surface area (TPSA) is 109 Å². The Morgan fingerprint density at radius 2 is 1.71 bits per heavy atom. The molecule has 3 amide bonds. The molecular weight excluding hydrogens is 575 g/mol. The lowest BCUT2D eigenvalue weighted by atomic mass is 9.94. The zero-order valence-corrected chi connectivity index (χ0v) is 25.2. The summed E-state index contributed by atoms with van der Waals surface area (Å²) >= 11 is 12.9. The van der Waals surface area contributed by atoms with Gasteiger partial charge in [0.2, 0.25) is 0 Å². The fourth-order valence-corrected chi connectivity index (χ4v) is 5.90. The number of fused-ring (bicyclic) bond motifs is 1. The van der Waals surface area contributed by atoms with Crippen molar-refractivity contribution in [1.29, 1.82) is 0 Å². The molecule has 0 aliphatic heterocycles. The minimum atomic E-state index is -1.16. The van der Waals surface area contributed by atoms with E-state index in [1.54, 1.807) is 12.1 Å². The number of esters is 1. The number of aryl methyl sites for hydroxylation is 2. The van der Waals surface area contributed by atoms with Gasteiger partial charge in [0, 0.05) is 18.5 Å². The predicted molar refractivity (Wildman–Crippen MR) is 166 cm³/mol. The number of carbonyl (C=O) groups excluding carboxylic acids is 3. The highest BCUT2D eigenvalue weighted by atomic mass is 35.5. The van der Waals surface area contributed by atoms with Crippen molar-refractivity contribution in [1.82, 2.24) is 16.0 Å². The normalized spacial score (nSPS) is 15.2. The Balaban J connectivity index is 1.33. The summed E-state index contributed by atoms with van der Waals surface area (Å²) in [6, 6.07) is 19.9. The molecule has 0 heterocycles. The van der Waals surface area contributed by atoms with E-state index >= 15 is 0 Å². The van der Waals surface area contributed by atoms with E-state index in [0.29, 0.717) is 12.2 Å². The molecule has 8 nitrogen and oxygen atoms in total. The van der Waals surface area contributed by atoms with Crippen molar-refractivity contribution in [2.75, 3.05) is 25.5 Å². The summed E-state index contributed by atoms with van der Waals surface area (Å²) in [4.78, 5) is 38.5. The number of benzene rings is 3. The Kier molecular flexibility index (Phi) is 11.1.